The van der Waals surface area contributed by atoms with Gasteiger partial charge in [-0.15, -0.1) is 11.3 Å². The molecule has 0 spiro atoms. The zero-order chi connectivity index (χ0) is 21.0. The number of thiazole rings is 1. The lowest BCUT2D eigenvalue weighted by molar-refractivity contribution is -0.136. The number of ether oxygens (including phenoxy) is 3. The van der Waals surface area contributed by atoms with Gasteiger partial charge < -0.3 is 19.1 Å². The summed E-state index contributed by atoms with van der Waals surface area (Å²) in [6, 6.07) is 7.43. The molecule has 8 nitrogen and oxygen atoms in total. The Bertz CT molecular complexity index is 1140. The van der Waals surface area contributed by atoms with Crippen LogP contribution < -0.4 is 29.1 Å². The highest BCUT2D eigenvalue weighted by Crippen LogP contribution is 2.35. The summed E-state index contributed by atoms with van der Waals surface area (Å²) in [5.41, 5.74) is 0.411. The highest BCUT2D eigenvalue weighted by atomic mass is 32.1. The SMILES string of the molecule is CCOC(=O)/C(C#N)=c1\s/c(=C/N(CC)c2ccc3c(c2)OCO3)c(=O)n1CC. The Kier molecular flexibility index (Phi) is 6.24. The summed E-state index contributed by atoms with van der Waals surface area (Å²) in [6.45, 7) is 6.68. The molecule has 9 heteroatoms. The van der Waals surface area contributed by atoms with E-state index in [-0.39, 0.29) is 24.5 Å². The van der Waals surface area contributed by atoms with E-state index in [2.05, 4.69) is 0 Å². The molecule has 1 aliphatic rings. The van der Waals surface area contributed by atoms with Gasteiger partial charge in [0.25, 0.3) is 5.56 Å². The topological polar surface area (TPSA) is 93.8 Å². The first-order valence-electron chi connectivity index (χ1n) is 9.23. The number of anilines is 1. The molecule has 0 amide bonds. The van der Waals surface area contributed by atoms with Gasteiger partial charge in [-0.2, -0.15) is 5.26 Å². The van der Waals surface area contributed by atoms with E-state index in [1.807, 2.05) is 36.1 Å². The third kappa shape index (κ3) is 3.98. The van der Waals surface area contributed by atoms with Crippen LogP contribution in [-0.4, -0.2) is 30.5 Å². The number of nitrogens with zero attached hydrogens (tertiary/aromatic N) is 3. The second-order valence-electron chi connectivity index (χ2n) is 5.98. The molecule has 2 heterocycles. The highest BCUT2D eigenvalue weighted by molar-refractivity contribution is 7.07. The van der Waals surface area contributed by atoms with Gasteiger partial charge in [0.2, 0.25) is 6.79 Å². The van der Waals surface area contributed by atoms with E-state index in [9.17, 15) is 14.9 Å². The van der Waals surface area contributed by atoms with Crippen LogP contribution in [0.5, 0.6) is 11.5 Å². The summed E-state index contributed by atoms with van der Waals surface area (Å²) >= 11 is 1.10. The maximum Gasteiger partial charge on any atom is 0.351 e. The maximum absolute atomic E-state index is 12.9. The van der Waals surface area contributed by atoms with Crippen LogP contribution in [0.25, 0.3) is 11.8 Å². The molecule has 1 aliphatic heterocycles. The van der Waals surface area contributed by atoms with Crippen LogP contribution in [0.1, 0.15) is 20.8 Å². The lowest BCUT2D eigenvalue weighted by Crippen LogP contribution is -2.33. The fraction of sp³-hybridized carbons (Fsp3) is 0.350. The van der Waals surface area contributed by atoms with Crippen molar-refractivity contribution in [1.82, 2.24) is 4.57 Å². The first-order valence-corrected chi connectivity index (χ1v) is 10.0. The smallest absolute Gasteiger partial charge is 0.351 e. The fourth-order valence-corrected chi connectivity index (χ4v) is 4.06. The van der Waals surface area contributed by atoms with E-state index in [1.165, 1.54) is 4.57 Å². The van der Waals surface area contributed by atoms with Gasteiger partial charge in [0.15, 0.2) is 17.1 Å². The van der Waals surface area contributed by atoms with Gasteiger partial charge in [0.05, 0.1) is 6.61 Å². The monoisotopic (exact) mass is 415 g/mol. The molecule has 0 bridgehead atoms. The average Bonchev–Trinajstić information content (AvgIpc) is 3.30. The molecule has 0 unspecified atom stereocenters. The largest absolute Gasteiger partial charge is 0.462 e. The minimum Gasteiger partial charge on any atom is -0.462 e. The Hall–Kier alpha value is -3.25. The minimum absolute atomic E-state index is 0.151. The summed E-state index contributed by atoms with van der Waals surface area (Å²) in [4.78, 5) is 26.9. The lowest BCUT2D eigenvalue weighted by atomic mass is 10.2. The number of hydrogen-bond acceptors (Lipinski definition) is 8. The fourth-order valence-electron chi connectivity index (χ4n) is 2.92. The van der Waals surface area contributed by atoms with Crippen molar-refractivity contribution in [2.45, 2.75) is 27.3 Å². The highest BCUT2D eigenvalue weighted by Gasteiger charge is 2.18. The Balaban J connectivity index is 2.14. The van der Waals surface area contributed by atoms with Gasteiger partial charge in [-0.05, 0) is 32.9 Å². The number of fused-ring (bicyclic) bond motifs is 1. The Labute approximate surface area is 171 Å². The van der Waals surface area contributed by atoms with Crippen molar-refractivity contribution in [3.8, 4) is 17.6 Å². The van der Waals surface area contributed by atoms with Crippen LogP contribution in [0.3, 0.4) is 0 Å². The molecule has 0 atom stereocenters. The van der Waals surface area contributed by atoms with Gasteiger partial charge in [0, 0.05) is 31.0 Å². The van der Waals surface area contributed by atoms with Crippen LogP contribution in [0.2, 0.25) is 0 Å². The van der Waals surface area contributed by atoms with Gasteiger partial charge >= 0.3 is 5.97 Å². The summed E-state index contributed by atoms with van der Waals surface area (Å²) in [5.74, 6) is 0.599. The summed E-state index contributed by atoms with van der Waals surface area (Å²) in [6.07, 6.45) is 1.72. The molecule has 0 aliphatic carbocycles. The number of nitriles is 1. The van der Waals surface area contributed by atoms with Gasteiger partial charge in [0.1, 0.15) is 15.3 Å². The van der Waals surface area contributed by atoms with Crippen LogP contribution in [0.15, 0.2) is 23.0 Å². The van der Waals surface area contributed by atoms with Crippen molar-refractivity contribution >= 4 is 34.8 Å². The molecule has 152 valence electrons. The number of esters is 1. The number of hydrogen-bond donors (Lipinski definition) is 0. The van der Waals surface area contributed by atoms with Crippen LogP contribution in [0, 0.1) is 11.3 Å². The standard InChI is InChI=1S/C20H21N3O5S/c1-4-22(13-7-8-15-16(9-13)28-12-27-15)11-17-18(24)23(5-2)19(29-17)14(10-21)20(25)26-6-3/h7-9,11H,4-6,12H2,1-3H3/b17-11+,19-14-. The Morgan fingerprint density at radius 2 is 2.10 bits per heavy atom. The van der Waals surface area contributed by atoms with Gasteiger partial charge in [-0.25, -0.2) is 4.79 Å². The van der Waals surface area contributed by atoms with Crippen LogP contribution in [-0.2, 0) is 16.1 Å². The quantitative estimate of drug-likeness (QED) is 0.654. The van der Waals surface area contributed by atoms with Crippen molar-refractivity contribution in [1.29, 1.82) is 5.26 Å². The number of aromatic nitrogens is 1. The number of carbonyl (C=O) groups is 1. The first-order chi connectivity index (χ1) is 14.0. The third-order valence-corrected chi connectivity index (χ3v) is 5.45. The van der Waals surface area contributed by atoms with Crippen LogP contribution >= 0.6 is 11.3 Å². The van der Waals surface area contributed by atoms with E-state index in [0.717, 1.165) is 17.0 Å². The summed E-state index contributed by atoms with van der Waals surface area (Å²) < 4.78 is 17.9. The summed E-state index contributed by atoms with van der Waals surface area (Å²) in [5, 5.41) is 9.45. The molecule has 0 N–H and O–H groups in total. The third-order valence-electron chi connectivity index (χ3n) is 4.33. The number of rotatable bonds is 6. The van der Waals surface area contributed by atoms with Crippen LogP contribution in [0.4, 0.5) is 5.69 Å². The van der Waals surface area contributed by atoms with Gasteiger partial charge in [-0.3, -0.25) is 9.36 Å². The van der Waals surface area contributed by atoms with E-state index in [0.29, 0.717) is 33.8 Å². The summed E-state index contributed by atoms with van der Waals surface area (Å²) in [7, 11) is 0. The maximum atomic E-state index is 12.9. The molecular weight excluding hydrogens is 394 g/mol. The first kappa shape index (κ1) is 20.5. The average molecular weight is 415 g/mol. The molecule has 3 rings (SSSR count). The van der Waals surface area contributed by atoms with Crippen molar-refractivity contribution < 1.29 is 19.0 Å². The zero-order valence-electron chi connectivity index (χ0n) is 16.4. The molecular formula is C20H21N3O5S. The Morgan fingerprint density at radius 3 is 2.76 bits per heavy atom. The van der Waals surface area contributed by atoms with E-state index in [1.54, 1.807) is 20.0 Å². The molecule has 1 aromatic carbocycles. The minimum atomic E-state index is -0.729. The van der Waals surface area contributed by atoms with Crippen molar-refractivity contribution in [3.05, 3.63) is 37.7 Å². The number of carbonyl (C=O) groups excluding carboxylic acids is 1. The molecule has 0 saturated carbocycles. The van der Waals surface area contributed by atoms with Crippen molar-refractivity contribution in [3.63, 3.8) is 0 Å². The van der Waals surface area contributed by atoms with E-state index in [4.69, 9.17) is 14.2 Å². The molecule has 1 aromatic heterocycles. The predicted molar refractivity (Wildman–Crippen MR) is 109 cm³/mol. The van der Waals surface area contributed by atoms with E-state index < -0.39 is 5.97 Å². The van der Waals surface area contributed by atoms with E-state index >= 15 is 0 Å². The second-order valence-corrected chi connectivity index (χ2v) is 7.01. The molecule has 0 radical (unpaired) electrons. The van der Waals surface area contributed by atoms with Crippen molar-refractivity contribution in [2.24, 2.45) is 0 Å². The predicted octanol–water partition coefficient (Wildman–Crippen LogP) is 1.16. The molecule has 2 aromatic rings. The molecule has 29 heavy (non-hydrogen) atoms. The molecule has 0 fully saturated rings. The lowest BCUT2D eigenvalue weighted by Gasteiger charge is -2.18. The normalized spacial score (nSPS) is 13.8. The Morgan fingerprint density at radius 1 is 1.34 bits per heavy atom. The zero-order valence-corrected chi connectivity index (χ0v) is 17.2. The number of benzene rings is 1. The second kappa shape index (κ2) is 8.84. The van der Waals surface area contributed by atoms with Crippen molar-refractivity contribution in [2.75, 3.05) is 24.8 Å². The van der Waals surface area contributed by atoms with Gasteiger partial charge in [-0.1, -0.05) is 0 Å². The molecule has 0 saturated heterocycles.